The van der Waals surface area contributed by atoms with Crippen LogP contribution in [0.15, 0.2) is 60.0 Å². The second-order valence-electron chi connectivity index (χ2n) is 6.62. The summed E-state index contributed by atoms with van der Waals surface area (Å²) in [5.41, 5.74) is 0.00467. The van der Waals surface area contributed by atoms with Crippen molar-refractivity contribution in [1.29, 1.82) is 0 Å². The topological polar surface area (TPSA) is 62.3 Å². The predicted octanol–water partition coefficient (Wildman–Crippen LogP) is 4.11. The average Bonchev–Trinajstić information content (AvgIpc) is 2.70. The maximum Gasteiger partial charge on any atom is 0.262 e. The van der Waals surface area contributed by atoms with Crippen molar-refractivity contribution >= 4 is 32.4 Å². The molecule has 0 amide bonds. The first-order valence-electron chi connectivity index (χ1n) is 8.90. The molecule has 0 aliphatic carbocycles. The summed E-state index contributed by atoms with van der Waals surface area (Å²) in [7, 11) is -0.558. The van der Waals surface area contributed by atoms with Gasteiger partial charge >= 0.3 is 0 Å². The first kappa shape index (κ1) is 21.3. The van der Waals surface area contributed by atoms with E-state index in [9.17, 15) is 17.2 Å². The lowest BCUT2D eigenvalue weighted by atomic mass is 10.1. The van der Waals surface area contributed by atoms with Crippen LogP contribution in [0.2, 0.25) is 0 Å². The molecule has 0 atom stereocenters. The van der Waals surface area contributed by atoms with Crippen LogP contribution in [0, 0.1) is 23.5 Å². The van der Waals surface area contributed by atoms with Gasteiger partial charge in [-0.1, -0.05) is 24.5 Å². The fourth-order valence-corrected chi connectivity index (χ4v) is 4.10. The Morgan fingerprint density at radius 3 is 2.63 bits per heavy atom. The molecule has 154 valence electrons. The smallest absolute Gasteiger partial charge is 0.262 e. The standard InChI is InChI=1S/C22H19F2N3O2S/c1-4-5-6-8-15-13-18(24)20(14-17(15)23)26-30(28,29)21-10-7-9-19-16(21)11-12-22(25-19)27(2)3/h4,7,9-14,26H,1,8H2,2-3H3. The van der Waals surface area contributed by atoms with Crippen LogP contribution in [0.25, 0.3) is 10.9 Å². The van der Waals surface area contributed by atoms with Gasteiger partial charge in [0.2, 0.25) is 0 Å². The molecule has 3 aromatic rings. The van der Waals surface area contributed by atoms with E-state index in [1.165, 1.54) is 12.1 Å². The third kappa shape index (κ3) is 4.42. The van der Waals surface area contributed by atoms with Crippen LogP contribution >= 0.6 is 0 Å². The molecule has 0 unspecified atom stereocenters. The number of rotatable bonds is 5. The molecule has 5 nitrogen and oxygen atoms in total. The van der Waals surface area contributed by atoms with E-state index in [2.05, 4.69) is 28.1 Å². The number of nitrogens with one attached hydrogen (secondary N) is 1. The highest BCUT2D eigenvalue weighted by molar-refractivity contribution is 7.93. The van der Waals surface area contributed by atoms with E-state index in [1.807, 2.05) is 14.1 Å². The fraction of sp³-hybridized carbons (Fsp3) is 0.136. The summed E-state index contributed by atoms with van der Waals surface area (Å²) in [6.07, 6.45) is 1.32. The molecular formula is C22H19F2N3O2S. The van der Waals surface area contributed by atoms with E-state index in [0.717, 1.165) is 12.1 Å². The largest absolute Gasteiger partial charge is 0.363 e. The number of nitrogens with zero attached hydrogens (tertiary/aromatic N) is 2. The third-order valence-corrected chi connectivity index (χ3v) is 5.71. The molecule has 3 rings (SSSR count). The molecule has 0 spiro atoms. The van der Waals surface area contributed by atoms with Gasteiger partial charge in [-0.05, 0) is 36.4 Å². The van der Waals surface area contributed by atoms with E-state index in [1.54, 1.807) is 29.2 Å². The Balaban J connectivity index is 1.99. The molecule has 0 saturated heterocycles. The lowest BCUT2D eigenvalue weighted by Crippen LogP contribution is -2.15. The lowest BCUT2D eigenvalue weighted by molar-refractivity contribution is 0.589. The molecule has 1 aromatic heterocycles. The second kappa shape index (κ2) is 8.51. The zero-order chi connectivity index (χ0) is 21.9. The van der Waals surface area contributed by atoms with E-state index in [4.69, 9.17) is 0 Å². The number of hydrogen-bond donors (Lipinski definition) is 1. The van der Waals surface area contributed by atoms with Gasteiger partial charge in [-0.3, -0.25) is 4.72 Å². The van der Waals surface area contributed by atoms with Crippen LogP contribution in [0.4, 0.5) is 20.3 Å². The number of hydrogen-bond acceptors (Lipinski definition) is 4. The highest BCUT2D eigenvalue weighted by Crippen LogP contribution is 2.27. The van der Waals surface area contributed by atoms with Crippen LogP contribution in [-0.2, 0) is 16.4 Å². The predicted molar refractivity (Wildman–Crippen MR) is 115 cm³/mol. The van der Waals surface area contributed by atoms with Crippen molar-refractivity contribution in [1.82, 2.24) is 4.98 Å². The Kier molecular flexibility index (Phi) is 6.04. The molecule has 1 N–H and O–H groups in total. The van der Waals surface area contributed by atoms with Gasteiger partial charge in [0, 0.05) is 37.5 Å². The SMILES string of the molecule is C=CC#CCc1cc(F)c(NS(=O)(=O)c2cccc3nc(N(C)C)ccc23)cc1F. The Bertz CT molecular complexity index is 1290. The molecule has 0 saturated carbocycles. The number of allylic oxidation sites excluding steroid dienone is 1. The Morgan fingerprint density at radius 2 is 1.93 bits per heavy atom. The molecular weight excluding hydrogens is 408 g/mol. The third-order valence-electron chi connectivity index (χ3n) is 4.29. The summed E-state index contributed by atoms with van der Waals surface area (Å²) < 4.78 is 56.7. The van der Waals surface area contributed by atoms with E-state index >= 15 is 0 Å². The Morgan fingerprint density at radius 1 is 1.17 bits per heavy atom. The Labute approximate surface area is 174 Å². The van der Waals surface area contributed by atoms with Gasteiger partial charge in [0.25, 0.3) is 10.0 Å². The zero-order valence-electron chi connectivity index (χ0n) is 16.4. The van der Waals surface area contributed by atoms with Crippen molar-refractivity contribution in [2.45, 2.75) is 11.3 Å². The van der Waals surface area contributed by atoms with Gasteiger partial charge in [-0.15, -0.1) is 0 Å². The number of sulfonamides is 1. The fourth-order valence-electron chi connectivity index (χ4n) is 2.82. The van der Waals surface area contributed by atoms with Gasteiger partial charge in [0.15, 0.2) is 0 Å². The summed E-state index contributed by atoms with van der Waals surface area (Å²) in [5, 5.41) is 0.368. The van der Waals surface area contributed by atoms with Gasteiger partial charge in [0.05, 0.1) is 16.1 Å². The molecule has 30 heavy (non-hydrogen) atoms. The van der Waals surface area contributed by atoms with Crippen molar-refractivity contribution in [2.24, 2.45) is 0 Å². The number of fused-ring (bicyclic) bond motifs is 1. The minimum absolute atomic E-state index is 0.0228. The maximum absolute atomic E-state index is 14.5. The first-order valence-corrected chi connectivity index (χ1v) is 10.4. The molecule has 0 aliphatic rings. The first-order chi connectivity index (χ1) is 14.2. The van der Waals surface area contributed by atoms with Crippen LogP contribution in [-0.4, -0.2) is 27.5 Å². The summed E-state index contributed by atoms with van der Waals surface area (Å²) in [5.74, 6) is 4.17. The number of anilines is 2. The monoisotopic (exact) mass is 427 g/mol. The number of pyridine rings is 1. The highest BCUT2D eigenvalue weighted by atomic mass is 32.2. The molecule has 8 heteroatoms. The lowest BCUT2D eigenvalue weighted by Gasteiger charge is -2.14. The number of halogens is 2. The second-order valence-corrected chi connectivity index (χ2v) is 8.27. The normalized spacial score (nSPS) is 10.9. The van der Waals surface area contributed by atoms with E-state index in [0.29, 0.717) is 16.7 Å². The van der Waals surface area contributed by atoms with E-state index in [-0.39, 0.29) is 16.9 Å². The summed E-state index contributed by atoms with van der Waals surface area (Å²) in [6, 6.07) is 9.66. The number of aromatic nitrogens is 1. The van der Waals surface area contributed by atoms with Crippen molar-refractivity contribution in [3.63, 3.8) is 0 Å². The average molecular weight is 427 g/mol. The highest BCUT2D eigenvalue weighted by Gasteiger charge is 2.21. The summed E-state index contributed by atoms with van der Waals surface area (Å²) >= 11 is 0. The molecule has 2 aromatic carbocycles. The molecule has 1 heterocycles. The van der Waals surface area contributed by atoms with Crippen molar-refractivity contribution in [2.75, 3.05) is 23.7 Å². The number of benzene rings is 2. The van der Waals surface area contributed by atoms with Crippen LogP contribution in [0.1, 0.15) is 5.56 Å². The van der Waals surface area contributed by atoms with Crippen molar-refractivity contribution in [3.05, 3.63) is 72.3 Å². The molecule has 0 aliphatic heterocycles. The molecule has 0 radical (unpaired) electrons. The summed E-state index contributed by atoms with van der Waals surface area (Å²) in [6.45, 7) is 3.42. The van der Waals surface area contributed by atoms with Crippen molar-refractivity contribution in [3.8, 4) is 11.8 Å². The zero-order valence-corrected chi connectivity index (χ0v) is 17.2. The van der Waals surface area contributed by atoms with Crippen LogP contribution < -0.4 is 9.62 Å². The maximum atomic E-state index is 14.5. The minimum atomic E-state index is -4.20. The van der Waals surface area contributed by atoms with Gasteiger partial charge in [-0.2, -0.15) is 0 Å². The minimum Gasteiger partial charge on any atom is -0.363 e. The Hall–Kier alpha value is -3.44. The quantitative estimate of drug-likeness (QED) is 0.623. The van der Waals surface area contributed by atoms with Crippen molar-refractivity contribution < 1.29 is 17.2 Å². The van der Waals surface area contributed by atoms with Crippen LogP contribution in [0.3, 0.4) is 0 Å². The van der Waals surface area contributed by atoms with Crippen LogP contribution in [0.5, 0.6) is 0 Å². The van der Waals surface area contributed by atoms with Gasteiger partial charge in [0.1, 0.15) is 17.5 Å². The molecule has 0 bridgehead atoms. The van der Waals surface area contributed by atoms with E-state index < -0.39 is 27.3 Å². The van der Waals surface area contributed by atoms with Gasteiger partial charge < -0.3 is 4.90 Å². The molecule has 0 fully saturated rings. The van der Waals surface area contributed by atoms with Gasteiger partial charge in [-0.25, -0.2) is 22.2 Å². The summed E-state index contributed by atoms with van der Waals surface area (Å²) in [4.78, 5) is 6.12.